The highest BCUT2D eigenvalue weighted by Gasteiger charge is 2.28. The molecule has 2 rings (SSSR count). The molecule has 2 heterocycles. The highest BCUT2D eigenvalue weighted by atomic mass is 32.1. The van der Waals surface area contributed by atoms with Crippen molar-refractivity contribution >= 4 is 23.2 Å². The van der Waals surface area contributed by atoms with Gasteiger partial charge >= 0.3 is 0 Å². The third-order valence-corrected chi connectivity index (χ3v) is 4.36. The Balaban J connectivity index is 2.03. The van der Waals surface area contributed by atoms with Gasteiger partial charge in [0.2, 0.25) is 5.91 Å². The van der Waals surface area contributed by atoms with Crippen molar-refractivity contribution in [1.82, 2.24) is 4.90 Å². The van der Waals surface area contributed by atoms with Crippen molar-refractivity contribution in [3.05, 3.63) is 21.9 Å². The van der Waals surface area contributed by atoms with Crippen molar-refractivity contribution in [2.45, 2.75) is 19.3 Å². The Hall–Kier alpha value is -1.84. The molecule has 1 aliphatic heterocycles. The van der Waals surface area contributed by atoms with Crippen LogP contribution in [0, 0.1) is 17.8 Å². The summed E-state index contributed by atoms with van der Waals surface area (Å²) in [6.07, 6.45) is 1.98. The van der Waals surface area contributed by atoms with Crippen molar-refractivity contribution in [1.29, 1.82) is 0 Å². The maximum absolute atomic E-state index is 12.4. The van der Waals surface area contributed by atoms with E-state index in [1.807, 2.05) is 0 Å². The molecule has 1 aromatic heterocycles. The Labute approximate surface area is 127 Å². The SMILES string of the molecule is NC(=O)C1CCCN(C(=O)c2ccc(C#CCCO)s2)C1. The molecule has 0 aliphatic carbocycles. The molecule has 1 saturated heterocycles. The van der Waals surface area contributed by atoms with Gasteiger partial charge in [-0.1, -0.05) is 11.8 Å². The molecule has 3 N–H and O–H groups in total. The minimum atomic E-state index is -0.339. The second-order valence-corrected chi connectivity index (χ2v) is 6.02. The molecular formula is C15H18N2O3S. The number of nitrogens with two attached hydrogens (primary N) is 1. The average molecular weight is 306 g/mol. The molecule has 1 aromatic rings. The van der Waals surface area contributed by atoms with E-state index in [0.717, 1.165) is 17.7 Å². The fraction of sp³-hybridized carbons (Fsp3) is 0.467. The zero-order valence-corrected chi connectivity index (χ0v) is 12.5. The van der Waals surface area contributed by atoms with Crippen LogP contribution in [0.2, 0.25) is 0 Å². The average Bonchev–Trinajstić information content (AvgIpc) is 2.96. The quantitative estimate of drug-likeness (QED) is 0.811. The monoisotopic (exact) mass is 306 g/mol. The number of aliphatic hydroxyl groups is 1. The van der Waals surface area contributed by atoms with Crippen LogP contribution in [-0.2, 0) is 4.79 Å². The maximum atomic E-state index is 12.4. The van der Waals surface area contributed by atoms with Crippen molar-refractivity contribution in [3.63, 3.8) is 0 Å². The molecule has 5 nitrogen and oxygen atoms in total. The molecule has 1 aliphatic rings. The molecule has 2 amide bonds. The molecule has 0 radical (unpaired) electrons. The van der Waals surface area contributed by atoms with Gasteiger partial charge in [0.25, 0.3) is 5.91 Å². The van der Waals surface area contributed by atoms with Crippen LogP contribution in [-0.4, -0.2) is 41.5 Å². The van der Waals surface area contributed by atoms with Gasteiger partial charge in [0.15, 0.2) is 0 Å². The number of rotatable bonds is 3. The highest BCUT2D eigenvalue weighted by molar-refractivity contribution is 7.14. The number of piperidine rings is 1. The summed E-state index contributed by atoms with van der Waals surface area (Å²) in [6.45, 7) is 1.09. The molecular weight excluding hydrogens is 288 g/mol. The number of likely N-dealkylation sites (tertiary alicyclic amines) is 1. The summed E-state index contributed by atoms with van der Waals surface area (Å²) in [7, 11) is 0. The number of thiophene rings is 1. The molecule has 0 saturated carbocycles. The van der Waals surface area contributed by atoms with Crippen LogP contribution in [0.15, 0.2) is 12.1 Å². The minimum Gasteiger partial charge on any atom is -0.395 e. The van der Waals surface area contributed by atoms with Gasteiger partial charge in [-0.3, -0.25) is 9.59 Å². The predicted octanol–water partition coefficient (Wildman–Crippen LogP) is 0.819. The summed E-state index contributed by atoms with van der Waals surface area (Å²) in [5.41, 5.74) is 5.33. The number of amides is 2. The topological polar surface area (TPSA) is 83.6 Å². The molecule has 1 unspecified atom stereocenters. The minimum absolute atomic E-state index is 0.0342. The van der Waals surface area contributed by atoms with Crippen LogP contribution in [0.3, 0.4) is 0 Å². The normalized spacial score (nSPS) is 18.0. The van der Waals surface area contributed by atoms with Gasteiger partial charge in [-0.15, -0.1) is 11.3 Å². The van der Waals surface area contributed by atoms with Crippen LogP contribution in [0.4, 0.5) is 0 Å². The number of carbonyl (C=O) groups excluding carboxylic acids is 2. The van der Waals surface area contributed by atoms with E-state index in [-0.39, 0.29) is 24.3 Å². The zero-order chi connectivity index (χ0) is 15.2. The first-order chi connectivity index (χ1) is 10.1. The number of nitrogens with zero attached hydrogens (tertiary/aromatic N) is 1. The van der Waals surface area contributed by atoms with Crippen molar-refractivity contribution in [2.24, 2.45) is 11.7 Å². The van der Waals surface area contributed by atoms with E-state index in [9.17, 15) is 9.59 Å². The summed E-state index contributed by atoms with van der Waals surface area (Å²) in [5, 5.41) is 8.68. The Kier molecular flexibility index (Phi) is 5.37. The first-order valence-electron chi connectivity index (χ1n) is 6.90. The van der Waals surface area contributed by atoms with Gasteiger partial charge in [0.05, 0.1) is 22.3 Å². The van der Waals surface area contributed by atoms with Crippen molar-refractivity contribution in [2.75, 3.05) is 19.7 Å². The lowest BCUT2D eigenvalue weighted by Gasteiger charge is -2.30. The number of hydrogen-bond acceptors (Lipinski definition) is 4. The van der Waals surface area contributed by atoms with Gasteiger partial charge in [-0.2, -0.15) is 0 Å². The summed E-state index contributed by atoms with van der Waals surface area (Å²) in [5.74, 6) is 5.09. The van der Waals surface area contributed by atoms with Crippen LogP contribution in [0.1, 0.15) is 33.8 Å². The van der Waals surface area contributed by atoms with Gasteiger partial charge in [0, 0.05) is 19.5 Å². The molecule has 112 valence electrons. The number of hydrogen-bond donors (Lipinski definition) is 2. The standard InChI is InChI=1S/C15H18N2O3S/c16-14(19)11-4-3-8-17(10-11)15(20)13-7-6-12(21-13)5-1-2-9-18/h6-7,11,18H,2-4,8-10H2,(H2,16,19). The van der Waals surface area contributed by atoms with E-state index >= 15 is 0 Å². The van der Waals surface area contributed by atoms with Crippen LogP contribution in [0.25, 0.3) is 0 Å². The van der Waals surface area contributed by atoms with Gasteiger partial charge in [0.1, 0.15) is 0 Å². The molecule has 1 atom stereocenters. The molecule has 21 heavy (non-hydrogen) atoms. The largest absolute Gasteiger partial charge is 0.395 e. The first kappa shape index (κ1) is 15.5. The summed E-state index contributed by atoms with van der Waals surface area (Å²) in [6, 6.07) is 3.56. The van der Waals surface area contributed by atoms with E-state index in [1.165, 1.54) is 11.3 Å². The van der Waals surface area contributed by atoms with Crippen molar-refractivity contribution in [3.8, 4) is 11.8 Å². The lowest BCUT2D eigenvalue weighted by molar-refractivity contribution is -0.123. The van der Waals surface area contributed by atoms with Gasteiger partial charge < -0.3 is 15.7 Å². The number of primary amides is 1. The van der Waals surface area contributed by atoms with Crippen LogP contribution in [0.5, 0.6) is 0 Å². The number of carbonyl (C=O) groups is 2. The molecule has 0 aromatic carbocycles. The fourth-order valence-corrected chi connectivity index (χ4v) is 3.12. The third-order valence-electron chi connectivity index (χ3n) is 3.38. The lowest BCUT2D eigenvalue weighted by atomic mass is 9.97. The summed E-state index contributed by atoms with van der Waals surface area (Å²) >= 11 is 1.33. The van der Waals surface area contributed by atoms with E-state index < -0.39 is 0 Å². The van der Waals surface area contributed by atoms with Crippen LogP contribution >= 0.6 is 11.3 Å². The van der Waals surface area contributed by atoms with E-state index in [2.05, 4.69) is 11.8 Å². The van der Waals surface area contributed by atoms with Gasteiger partial charge in [-0.05, 0) is 25.0 Å². The second-order valence-electron chi connectivity index (χ2n) is 4.93. The first-order valence-corrected chi connectivity index (χ1v) is 7.71. The van der Waals surface area contributed by atoms with Crippen molar-refractivity contribution < 1.29 is 14.7 Å². The summed E-state index contributed by atoms with van der Waals surface area (Å²) in [4.78, 5) is 26.8. The van der Waals surface area contributed by atoms with Crippen LogP contribution < -0.4 is 5.73 Å². The second kappa shape index (κ2) is 7.25. The maximum Gasteiger partial charge on any atom is 0.263 e. The third kappa shape index (κ3) is 4.06. The molecule has 0 bridgehead atoms. The molecule has 6 heteroatoms. The Bertz CT molecular complexity index is 585. The Morgan fingerprint density at radius 1 is 1.48 bits per heavy atom. The Morgan fingerprint density at radius 3 is 3.00 bits per heavy atom. The zero-order valence-electron chi connectivity index (χ0n) is 11.7. The van der Waals surface area contributed by atoms with Gasteiger partial charge in [-0.25, -0.2) is 0 Å². The molecule has 1 fully saturated rings. The Morgan fingerprint density at radius 2 is 2.29 bits per heavy atom. The number of aliphatic hydroxyl groups excluding tert-OH is 1. The summed E-state index contributed by atoms with van der Waals surface area (Å²) < 4.78 is 0. The molecule has 0 spiro atoms. The smallest absolute Gasteiger partial charge is 0.263 e. The van der Waals surface area contributed by atoms with E-state index in [4.69, 9.17) is 10.8 Å². The van der Waals surface area contributed by atoms with E-state index in [1.54, 1.807) is 17.0 Å². The lowest BCUT2D eigenvalue weighted by Crippen LogP contribution is -2.43. The fourth-order valence-electron chi connectivity index (χ4n) is 2.28. The van der Waals surface area contributed by atoms with E-state index in [0.29, 0.717) is 24.4 Å². The highest BCUT2D eigenvalue weighted by Crippen LogP contribution is 2.22. The predicted molar refractivity (Wildman–Crippen MR) is 80.7 cm³/mol.